The highest BCUT2D eigenvalue weighted by Gasteiger charge is 2.30. The number of carbonyl (C=O) groups is 2. The van der Waals surface area contributed by atoms with E-state index in [4.69, 9.17) is 0 Å². The molecule has 4 nitrogen and oxygen atoms in total. The van der Waals surface area contributed by atoms with Gasteiger partial charge in [-0.3, -0.25) is 9.59 Å². The molecule has 30 heavy (non-hydrogen) atoms. The smallest absolute Gasteiger partial charge is 0.236 e. The number of aryl methyl sites for hydroxylation is 1. The van der Waals surface area contributed by atoms with Crippen molar-refractivity contribution in [1.29, 1.82) is 0 Å². The van der Waals surface area contributed by atoms with Crippen molar-refractivity contribution in [2.75, 3.05) is 10.2 Å². The molecule has 0 radical (unpaired) electrons. The molecule has 0 aromatic heterocycles. The second-order valence-electron chi connectivity index (χ2n) is 8.77. The maximum absolute atomic E-state index is 13.6. The fraction of sp³-hybridized carbons (Fsp3) is 0.440. The van der Waals surface area contributed by atoms with E-state index in [0.717, 1.165) is 35.2 Å². The molecule has 0 saturated heterocycles. The molecule has 0 spiro atoms. The first-order valence-electron chi connectivity index (χ1n) is 10.7. The number of halogens is 1. The van der Waals surface area contributed by atoms with E-state index in [1.165, 1.54) is 12.1 Å². The minimum atomic E-state index is -0.323. The number of rotatable bonds is 5. The number of amides is 2. The van der Waals surface area contributed by atoms with Gasteiger partial charge < -0.3 is 10.2 Å². The number of nitrogens with zero attached hydrogens (tertiary/aromatic N) is 1. The first-order valence-corrected chi connectivity index (χ1v) is 10.7. The Balaban J connectivity index is 1.82. The molecule has 0 aliphatic carbocycles. The van der Waals surface area contributed by atoms with Gasteiger partial charge in [-0.15, -0.1) is 0 Å². The lowest BCUT2D eigenvalue weighted by molar-refractivity contribution is -0.125. The Hall–Kier alpha value is -2.69. The number of hydrogen-bond acceptors (Lipinski definition) is 2. The number of anilines is 2. The predicted octanol–water partition coefficient (Wildman–Crippen LogP) is 5.77. The van der Waals surface area contributed by atoms with Crippen molar-refractivity contribution in [3.8, 4) is 0 Å². The lowest BCUT2D eigenvalue weighted by atomic mass is 9.92. The summed E-state index contributed by atoms with van der Waals surface area (Å²) < 4.78 is 13.6. The zero-order valence-electron chi connectivity index (χ0n) is 18.5. The number of hydrogen-bond donors (Lipinski definition) is 1. The van der Waals surface area contributed by atoms with Gasteiger partial charge in [-0.1, -0.05) is 45.9 Å². The molecule has 0 bridgehead atoms. The van der Waals surface area contributed by atoms with Crippen LogP contribution in [-0.2, 0) is 16.0 Å². The van der Waals surface area contributed by atoms with E-state index in [-0.39, 0.29) is 41.9 Å². The molecular weight excluding hydrogens is 379 g/mol. The first kappa shape index (κ1) is 22.0. The zero-order chi connectivity index (χ0) is 22.0. The van der Waals surface area contributed by atoms with Gasteiger partial charge in [0.15, 0.2) is 0 Å². The van der Waals surface area contributed by atoms with Crippen molar-refractivity contribution in [2.24, 2.45) is 0 Å². The summed E-state index contributed by atoms with van der Waals surface area (Å²) in [6, 6.07) is 10.5. The highest BCUT2D eigenvalue weighted by atomic mass is 19.1. The van der Waals surface area contributed by atoms with Crippen LogP contribution in [0.4, 0.5) is 15.8 Å². The molecule has 2 aromatic carbocycles. The molecule has 3 rings (SSSR count). The average Bonchev–Trinajstić information content (AvgIpc) is 2.67. The predicted molar refractivity (Wildman–Crippen MR) is 120 cm³/mol. The Bertz CT molecular complexity index is 926. The van der Waals surface area contributed by atoms with Crippen molar-refractivity contribution in [3.63, 3.8) is 0 Å². The molecule has 5 heteroatoms. The Kier molecular flexibility index (Phi) is 6.59. The molecule has 0 fully saturated rings. The van der Waals surface area contributed by atoms with Crippen molar-refractivity contribution >= 4 is 23.2 Å². The van der Waals surface area contributed by atoms with E-state index in [1.807, 2.05) is 25.1 Å². The van der Waals surface area contributed by atoms with Crippen molar-refractivity contribution in [3.05, 3.63) is 58.9 Å². The molecule has 0 saturated carbocycles. The maximum atomic E-state index is 13.6. The normalized spacial score (nSPS) is 16.0. The van der Waals surface area contributed by atoms with Crippen molar-refractivity contribution < 1.29 is 14.0 Å². The Labute approximate surface area is 178 Å². The molecule has 1 aliphatic rings. The molecule has 1 aliphatic heterocycles. The molecule has 1 heterocycles. The topological polar surface area (TPSA) is 49.4 Å². The Morgan fingerprint density at radius 2 is 1.73 bits per heavy atom. The summed E-state index contributed by atoms with van der Waals surface area (Å²) >= 11 is 0. The van der Waals surface area contributed by atoms with Gasteiger partial charge in [-0.05, 0) is 66.5 Å². The molecule has 2 aromatic rings. The third-order valence-electron chi connectivity index (χ3n) is 5.79. The molecule has 1 atom stereocenters. The van der Waals surface area contributed by atoms with Crippen LogP contribution in [0.25, 0.3) is 0 Å². The van der Waals surface area contributed by atoms with Crippen LogP contribution >= 0.6 is 0 Å². The summed E-state index contributed by atoms with van der Waals surface area (Å²) in [5, 5.41) is 3.01. The molecule has 1 N–H and O–H groups in total. The average molecular weight is 411 g/mol. The van der Waals surface area contributed by atoms with Gasteiger partial charge in [-0.2, -0.15) is 0 Å². The van der Waals surface area contributed by atoms with Crippen LogP contribution in [0, 0.1) is 5.82 Å². The number of para-hydroxylation sites is 1. The van der Waals surface area contributed by atoms with Gasteiger partial charge in [0.05, 0.1) is 0 Å². The number of benzene rings is 2. The molecular formula is C25H31FN2O2. The van der Waals surface area contributed by atoms with E-state index in [0.29, 0.717) is 5.69 Å². The lowest BCUT2D eigenvalue weighted by Crippen LogP contribution is -2.43. The van der Waals surface area contributed by atoms with Crippen LogP contribution in [0.5, 0.6) is 0 Å². The summed E-state index contributed by atoms with van der Waals surface area (Å²) in [4.78, 5) is 27.6. The third-order valence-corrected chi connectivity index (χ3v) is 5.79. The van der Waals surface area contributed by atoms with E-state index in [2.05, 4.69) is 33.0 Å². The summed E-state index contributed by atoms with van der Waals surface area (Å²) in [6.07, 6.45) is 1.23. The van der Waals surface area contributed by atoms with Crippen LogP contribution < -0.4 is 10.2 Å². The van der Waals surface area contributed by atoms with Gasteiger partial charge in [0.1, 0.15) is 12.2 Å². The largest absolute Gasteiger partial charge is 0.325 e. The third kappa shape index (κ3) is 4.55. The fourth-order valence-corrected chi connectivity index (χ4v) is 4.20. The second kappa shape index (κ2) is 8.99. The van der Waals surface area contributed by atoms with Gasteiger partial charge in [0.25, 0.3) is 0 Å². The van der Waals surface area contributed by atoms with Crippen LogP contribution in [0.3, 0.4) is 0 Å². The molecule has 1 unspecified atom stereocenters. The van der Waals surface area contributed by atoms with Gasteiger partial charge >= 0.3 is 0 Å². The minimum absolute atomic E-state index is 0.0302. The highest BCUT2D eigenvalue weighted by molar-refractivity contribution is 6.10. The Morgan fingerprint density at radius 1 is 1.10 bits per heavy atom. The van der Waals surface area contributed by atoms with Crippen LogP contribution in [-0.4, -0.2) is 17.9 Å². The maximum Gasteiger partial charge on any atom is 0.236 e. The van der Waals surface area contributed by atoms with Gasteiger partial charge in [0.2, 0.25) is 11.8 Å². The minimum Gasteiger partial charge on any atom is -0.325 e. The number of carbonyl (C=O) groups excluding carboxylic acids is 2. The zero-order valence-corrected chi connectivity index (χ0v) is 18.5. The second-order valence-corrected chi connectivity index (χ2v) is 8.77. The van der Waals surface area contributed by atoms with Crippen LogP contribution in [0.1, 0.15) is 76.0 Å². The summed E-state index contributed by atoms with van der Waals surface area (Å²) in [7, 11) is 0. The number of nitrogens with one attached hydrogen (secondary N) is 1. The standard InChI is InChI=1S/C25H31FN2O2/c1-15(2)20-7-6-8-21(16(3)4)25(20)27-23(29)14-24(30)28-17(5)9-10-18-13-19(26)11-12-22(18)28/h6-8,11-13,15-17H,9-10,14H2,1-5H3,(H,27,29). The summed E-state index contributed by atoms with van der Waals surface area (Å²) in [5.41, 5.74) is 4.46. The monoisotopic (exact) mass is 410 g/mol. The lowest BCUT2D eigenvalue weighted by Gasteiger charge is -2.35. The SMILES string of the molecule is CC(C)c1cccc(C(C)C)c1NC(=O)CC(=O)N1c2ccc(F)cc2CCC1C. The van der Waals surface area contributed by atoms with E-state index in [1.54, 1.807) is 11.0 Å². The Morgan fingerprint density at radius 3 is 2.33 bits per heavy atom. The van der Waals surface area contributed by atoms with Gasteiger partial charge in [-0.25, -0.2) is 4.39 Å². The van der Waals surface area contributed by atoms with Crippen LogP contribution in [0.15, 0.2) is 36.4 Å². The van der Waals surface area contributed by atoms with Crippen LogP contribution in [0.2, 0.25) is 0 Å². The fourth-order valence-electron chi connectivity index (χ4n) is 4.20. The van der Waals surface area contributed by atoms with E-state index in [9.17, 15) is 14.0 Å². The molecule has 160 valence electrons. The van der Waals surface area contributed by atoms with Crippen molar-refractivity contribution in [2.45, 2.75) is 71.8 Å². The summed E-state index contributed by atoms with van der Waals surface area (Å²) in [6.45, 7) is 10.3. The van der Waals surface area contributed by atoms with E-state index >= 15 is 0 Å². The molecule has 2 amide bonds. The number of fused-ring (bicyclic) bond motifs is 1. The van der Waals surface area contributed by atoms with E-state index < -0.39 is 0 Å². The first-order chi connectivity index (χ1) is 14.2. The quantitative estimate of drug-likeness (QED) is 0.636. The van der Waals surface area contributed by atoms with Crippen molar-refractivity contribution in [1.82, 2.24) is 0 Å². The highest BCUT2D eigenvalue weighted by Crippen LogP contribution is 2.34. The van der Waals surface area contributed by atoms with Gasteiger partial charge in [0, 0.05) is 17.4 Å². The summed E-state index contributed by atoms with van der Waals surface area (Å²) in [5.74, 6) is -0.394.